The molecular formula is C9H14O3. The Morgan fingerprint density at radius 3 is 2.83 bits per heavy atom. The normalized spacial score (nSPS) is 34.8. The summed E-state index contributed by atoms with van der Waals surface area (Å²) in [5.74, 6) is -0.248. The molecule has 3 atom stereocenters. The Morgan fingerprint density at radius 2 is 2.25 bits per heavy atom. The highest BCUT2D eigenvalue weighted by atomic mass is 16.5. The topological polar surface area (TPSA) is 46.5 Å². The lowest BCUT2D eigenvalue weighted by atomic mass is 9.84. The van der Waals surface area contributed by atoms with Gasteiger partial charge in [0.25, 0.3) is 0 Å². The predicted molar refractivity (Wildman–Crippen MR) is 44.4 cm³/mol. The second kappa shape index (κ2) is 3.72. The second-order valence-corrected chi connectivity index (χ2v) is 3.18. The van der Waals surface area contributed by atoms with Crippen molar-refractivity contribution in [3.8, 4) is 0 Å². The number of aliphatic hydroxyl groups is 1. The molecule has 0 bridgehead atoms. The summed E-state index contributed by atoms with van der Waals surface area (Å²) in [6.45, 7) is 1.95. The summed E-state index contributed by atoms with van der Waals surface area (Å²) in [5.41, 5.74) is 0. The van der Waals surface area contributed by atoms with Crippen LogP contribution in [0.15, 0.2) is 12.2 Å². The van der Waals surface area contributed by atoms with Crippen LogP contribution in [0.3, 0.4) is 0 Å². The van der Waals surface area contributed by atoms with Crippen molar-refractivity contribution in [3.05, 3.63) is 12.2 Å². The first-order chi connectivity index (χ1) is 5.65. The molecule has 0 heterocycles. The van der Waals surface area contributed by atoms with Crippen LogP contribution in [0.4, 0.5) is 0 Å². The van der Waals surface area contributed by atoms with Crippen LogP contribution in [0.1, 0.15) is 13.3 Å². The van der Waals surface area contributed by atoms with Crippen molar-refractivity contribution in [3.63, 3.8) is 0 Å². The lowest BCUT2D eigenvalue weighted by Gasteiger charge is -2.24. The fourth-order valence-electron chi connectivity index (χ4n) is 1.45. The molecule has 0 aromatic rings. The van der Waals surface area contributed by atoms with Gasteiger partial charge in [-0.3, -0.25) is 4.79 Å². The van der Waals surface area contributed by atoms with Crippen molar-refractivity contribution in [1.82, 2.24) is 0 Å². The number of carbonyl (C=O) groups excluding carboxylic acids is 1. The molecule has 1 aliphatic carbocycles. The van der Waals surface area contributed by atoms with Gasteiger partial charge in [0.15, 0.2) is 0 Å². The number of carbonyl (C=O) groups is 1. The molecule has 0 radical (unpaired) electrons. The summed E-state index contributed by atoms with van der Waals surface area (Å²) in [7, 11) is 1.37. The van der Waals surface area contributed by atoms with Crippen LogP contribution in [0, 0.1) is 11.8 Å². The second-order valence-electron chi connectivity index (χ2n) is 3.18. The molecule has 0 aliphatic heterocycles. The Morgan fingerprint density at radius 1 is 1.58 bits per heavy atom. The van der Waals surface area contributed by atoms with Gasteiger partial charge in [-0.25, -0.2) is 0 Å². The third kappa shape index (κ3) is 1.85. The zero-order chi connectivity index (χ0) is 9.14. The quantitative estimate of drug-likeness (QED) is 0.466. The Bertz CT molecular complexity index is 198. The average molecular weight is 170 g/mol. The van der Waals surface area contributed by atoms with Gasteiger partial charge in [-0.2, -0.15) is 0 Å². The minimum absolute atomic E-state index is 0.167. The highest BCUT2D eigenvalue weighted by Crippen LogP contribution is 2.25. The summed E-state index contributed by atoms with van der Waals surface area (Å²) < 4.78 is 4.62. The maximum absolute atomic E-state index is 11.2. The number of methoxy groups -OCH3 is 1. The molecule has 0 saturated carbocycles. The summed E-state index contributed by atoms with van der Waals surface area (Å²) in [6, 6.07) is 0. The van der Waals surface area contributed by atoms with Gasteiger partial charge in [-0.1, -0.05) is 19.1 Å². The Balaban J connectivity index is 2.65. The zero-order valence-corrected chi connectivity index (χ0v) is 7.36. The van der Waals surface area contributed by atoms with Crippen LogP contribution < -0.4 is 0 Å². The number of aliphatic hydroxyl groups excluding tert-OH is 1. The third-order valence-electron chi connectivity index (χ3n) is 2.27. The molecule has 0 spiro atoms. The number of rotatable bonds is 1. The fourth-order valence-corrected chi connectivity index (χ4v) is 1.45. The van der Waals surface area contributed by atoms with E-state index in [2.05, 4.69) is 4.74 Å². The van der Waals surface area contributed by atoms with Crippen molar-refractivity contribution in [1.29, 1.82) is 0 Å². The number of hydrogen-bond acceptors (Lipinski definition) is 3. The van der Waals surface area contributed by atoms with Crippen molar-refractivity contribution >= 4 is 5.97 Å². The summed E-state index contributed by atoms with van der Waals surface area (Å²) in [4.78, 5) is 11.2. The average Bonchev–Trinajstić information content (AvgIpc) is 2.08. The minimum Gasteiger partial charge on any atom is -0.469 e. The smallest absolute Gasteiger partial charge is 0.309 e. The number of ether oxygens (including phenoxy) is 1. The monoisotopic (exact) mass is 170 g/mol. The summed E-state index contributed by atoms with van der Waals surface area (Å²) in [6.07, 6.45) is 3.56. The highest BCUT2D eigenvalue weighted by Gasteiger charge is 2.29. The molecule has 1 N–H and O–H groups in total. The summed E-state index contributed by atoms with van der Waals surface area (Å²) >= 11 is 0. The van der Waals surface area contributed by atoms with Crippen LogP contribution in [0.5, 0.6) is 0 Å². The van der Waals surface area contributed by atoms with Gasteiger partial charge in [0.05, 0.1) is 19.1 Å². The molecule has 68 valence electrons. The van der Waals surface area contributed by atoms with E-state index in [1.54, 1.807) is 6.08 Å². The molecule has 0 aromatic carbocycles. The van der Waals surface area contributed by atoms with E-state index in [-0.39, 0.29) is 17.8 Å². The SMILES string of the molecule is COC(=O)[C@H]1CC(O)C=C[C@H]1C. The number of allylic oxidation sites excluding steroid dienone is 1. The molecule has 0 aromatic heterocycles. The van der Waals surface area contributed by atoms with Gasteiger partial charge in [0, 0.05) is 0 Å². The van der Waals surface area contributed by atoms with Crippen molar-refractivity contribution < 1.29 is 14.6 Å². The molecule has 1 aliphatic rings. The van der Waals surface area contributed by atoms with Gasteiger partial charge in [0.1, 0.15) is 0 Å². The van der Waals surface area contributed by atoms with Crippen LogP contribution in [0.25, 0.3) is 0 Å². The van der Waals surface area contributed by atoms with Crippen molar-refractivity contribution in [2.75, 3.05) is 7.11 Å². The lowest BCUT2D eigenvalue weighted by molar-refractivity contribution is -0.147. The molecule has 3 heteroatoms. The van der Waals surface area contributed by atoms with E-state index in [1.807, 2.05) is 13.0 Å². The molecule has 3 nitrogen and oxygen atoms in total. The maximum atomic E-state index is 11.2. The van der Waals surface area contributed by atoms with Crippen LogP contribution >= 0.6 is 0 Å². The first-order valence-electron chi connectivity index (χ1n) is 4.09. The van der Waals surface area contributed by atoms with E-state index in [0.29, 0.717) is 6.42 Å². The van der Waals surface area contributed by atoms with Gasteiger partial charge in [-0.15, -0.1) is 0 Å². The molecule has 1 rings (SSSR count). The van der Waals surface area contributed by atoms with Gasteiger partial charge < -0.3 is 9.84 Å². The molecule has 0 saturated heterocycles. The van der Waals surface area contributed by atoms with Crippen LogP contribution in [-0.2, 0) is 9.53 Å². The molecule has 0 fully saturated rings. The summed E-state index contributed by atoms with van der Waals surface area (Å²) in [5, 5.41) is 9.25. The molecule has 12 heavy (non-hydrogen) atoms. The van der Waals surface area contributed by atoms with Crippen molar-refractivity contribution in [2.24, 2.45) is 11.8 Å². The van der Waals surface area contributed by atoms with E-state index >= 15 is 0 Å². The zero-order valence-electron chi connectivity index (χ0n) is 7.36. The predicted octanol–water partition coefficient (Wildman–Crippen LogP) is 0.732. The standard InChI is InChI=1S/C9H14O3/c1-6-3-4-7(10)5-8(6)9(11)12-2/h3-4,6-8,10H,5H2,1-2H3/t6-,7?,8+/m1/s1. The van der Waals surface area contributed by atoms with Crippen LogP contribution in [-0.4, -0.2) is 24.3 Å². The number of hydrogen-bond donors (Lipinski definition) is 1. The van der Waals surface area contributed by atoms with E-state index < -0.39 is 6.10 Å². The molecule has 1 unspecified atom stereocenters. The maximum Gasteiger partial charge on any atom is 0.309 e. The van der Waals surface area contributed by atoms with E-state index in [1.165, 1.54) is 7.11 Å². The largest absolute Gasteiger partial charge is 0.469 e. The lowest BCUT2D eigenvalue weighted by Crippen LogP contribution is -2.29. The fraction of sp³-hybridized carbons (Fsp3) is 0.667. The Labute approximate surface area is 72.0 Å². The molecular weight excluding hydrogens is 156 g/mol. The van der Waals surface area contributed by atoms with Crippen LogP contribution in [0.2, 0.25) is 0 Å². The third-order valence-corrected chi connectivity index (χ3v) is 2.27. The Kier molecular flexibility index (Phi) is 2.87. The first-order valence-corrected chi connectivity index (χ1v) is 4.09. The van der Waals surface area contributed by atoms with Gasteiger partial charge in [0.2, 0.25) is 0 Å². The van der Waals surface area contributed by atoms with E-state index in [4.69, 9.17) is 0 Å². The first kappa shape index (κ1) is 9.26. The highest BCUT2D eigenvalue weighted by molar-refractivity contribution is 5.73. The van der Waals surface area contributed by atoms with E-state index in [9.17, 15) is 9.90 Å². The number of esters is 1. The molecule has 0 amide bonds. The van der Waals surface area contributed by atoms with Gasteiger partial charge >= 0.3 is 5.97 Å². The van der Waals surface area contributed by atoms with E-state index in [0.717, 1.165) is 0 Å². The van der Waals surface area contributed by atoms with Gasteiger partial charge in [-0.05, 0) is 12.3 Å². The van der Waals surface area contributed by atoms with Crippen molar-refractivity contribution in [2.45, 2.75) is 19.4 Å². The Hall–Kier alpha value is -0.830. The minimum atomic E-state index is -0.495.